The fourth-order valence-electron chi connectivity index (χ4n) is 4.32. The van der Waals surface area contributed by atoms with E-state index in [1.54, 1.807) is 0 Å². The van der Waals surface area contributed by atoms with E-state index in [1.165, 1.54) is 19.6 Å². The average Bonchev–Trinajstić information content (AvgIpc) is 2.62. The van der Waals surface area contributed by atoms with Crippen molar-refractivity contribution in [3.63, 3.8) is 0 Å². The molecule has 1 aliphatic carbocycles. The van der Waals surface area contributed by atoms with Gasteiger partial charge < -0.3 is 14.8 Å². The van der Waals surface area contributed by atoms with Gasteiger partial charge in [-0.1, -0.05) is 30.3 Å². The van der Waals surface area contributed by atoms with E-state index in [0.717, 1.165) is 25.5 Å². The molecule has 1 N–H and O–H groups in total. The van der Waals surface area contributed by atoms with Crippen LogP contribution in [0.4, 0.5) is 0 Å². The van der Waals surface area contributed by atoms with Crippen LogP contribution in [0.2, 0.25) is 0 Å². The lowest BCUT2D eigenvalue weighted by molar-refractivity contribution is -0.245. The minimum atomic E-state index is -3.72. The molecule has 0 aromatic heterocycles. The van der Waals surface area contributed by atoms with Crippen LogP contribution in [-0.4, -0.2) is 52.2 Å². The van der Waals surface area contributed by atoms with E-state index < -0.39 is 28.6 Å². The smallest absolute Gasteiger partial charge is 0.264 e. The molecular weight excluding hydrogens is 370 g/mol. The zero-order valence-corrected chi connectivity index (χ0v) is 16.6. The number of carbonyl (C=O) groups excluding carboxylic acids is 1. The lowest BCUT2D eigenvalue weighted by Gasteiger charge is -2.49. The highest BCUT2D eigenvalue weighted by molar-refractivity contribution is 7.86. The van der Waals surface area contributed by atoms with Crippen molar-refractivity contribution >= 4 is 16.0 Å². The van der Waals surface area contributed by atoms with E-state index >= 15 is 0 Å². The van der Waals surface area contributed by atoms with E-state index in [0.29, 0.717) is 5.92 Å². The van der Waals surface area contributed by atoms with Gasteiger partial charge in [0, 0.05) is 20.0 Å². The number of fused-ring (bicyclic) bond motifs is 1. The molecule has 0 bridgehead atoms. The van der Waals surface area contributed by atoms with E-state index in [2.05, 4.69) is 17.4 Å². The molecule has 150 valence electrons. The van der Waals surface area contributed by atoms with Crippen molar-refractivity contribution < 1.29 is 26.9 Å². The monoisotopic (exact) mass is 397 g/mol. The molecule has 1 saturated heterocycles. The number of hydrogen-bond acceptors (Lipinski definition) is 6. The highest BCUT2D eigenvalue weighted by Crippen LogP contribution is 2.44. The molecular formula is C19H27NO6S. The second-order valence-corrected chi connectivity index (χ2v) is 8.96. The van der Waals surface area contributed by atoms with E-state index in [9.17, 15) is 13.2 Å². The van der Waals surface area contributed by atoms with Gasteiger partial charge in [0.05, 0.1) is 12.4 Å². The Morgan fingerprint density at radius 3 is 2.52 bits per heavy atom. The molecule has 3 rings (SSSR count). The molecule has 1 amide bonds. The molecule has 1 aliphatic heterocycles. The van der Waals surface area contributed by atoms with Crippen LogP contribution < -0.4 is 5.32 Å². The van der Waals surface area contributed by atoms with Gasteiger partial charge in [-0.05, 0) is 30.7 Å². The van der Waals surface area contributed by atoms with Crippen LogP contribution in [0.3, 0.4) is 0 Å². The zero-order chi connectivity index (χ0) is 19.6. The summed E-state index contributed by atoms with van der Waals surface area (Å²) in [5, 5.41) is 2.76. The van der Waals surface area contributed by atoms with Crippen LogP contribution in [0.1, 0.15) is 37.7 Å². The normalized spacial score (nSPS) is 33.9. The number of ether oxygens (including phenoxy) is 2. The number of amides is 1. The van der Waals surface area contributed by atoms with Crippen molar-refractivity contribution in [1.82, 2.24) is 5.32 Å². The van der Waals surface area contributed by atoms with Crippen molar-refractivity contribution in [2.24, 2.45) is 5.92 Å². The fraction of sp³-hybridized carbons (Fsp3) is 0.632. The topological polar surface area (TPSA) is 90.9 Å². The summed E-state index contributed by atoms with van der Waals surface area (Å²) in [6.45, 7) is 1.38. The van der Waals surface area contributed by atoms with Gasteiger partial charge in [-0.3, -0.25) is 8.98 Å². The Morgan fingerprint density at radius 1 is 1.22 bits per heavy atom. The maximum Gasteiger partial charge on any atom is 0.264 e. The van der Waals surface area contributed by atoms with Crippen molar-refractivity contribution in [3.8, 4) is 0 Å². The Kier molecular flexibility index (Phi) is 6.20. The molecule has 1 aromatic rings. The van der Waals surface area contributed by atoms with Crippen LogP contribution in [0, 0.1) is 5.92 Å². The highest BCUT2D eigenvalue weighted by Gasteiger charge is 2.50. The van der Waals surface area contributed by atoms with Crippen LogP contribution >= 0.6 is 0 Å². The third-order valence-electron chi connectivity index (χ3n) is 5.37. The lowest BCUT2D eigenvalue weighted by Crippen LogP contribution is -2.63. The van der Waals surface area contributed by atoms with Gasteiger partial charge in [-0.25, -0.2) is 0 Å². The van der Waals surface area contributed by atoms with Gasteiger partial charge in [0.2, 0.25) is 5.91 Å². The molecule has 6 atom stereocenters. The summed E-state index contributed by atoms with van der Waals surface area (Å²) in [6.07, 6.45) is 1.81. The van der Waals surface area contributed by atoms with Gasteiger partial charge >= 0.3 is 0 Å². The van der Waals surface area contributed by atoms with Crippen molar-refractivity contribution in [2.45, 2.75) is 56.6 Å². The first-order valence-electron chi connectivity index (χ1n) is 9.17. The molecule has 1 heterocycles. The number of hydrogen-bond donors (Lipinski definition) is 1. The molecule has 2 aliphatic rings. The number of nitrogens with one attached hydrogen (secondary N) is 1. The minimum absolute atomic E-state index is 0.165. The first-order chi connectivity index (χ1) is 12.8. The van der Waals surface area contributed by atoms with Gasteiger partial charge in [0.15, 0.2) is 6.29 Å². The predicted octanol–water partition coefficient (Wildman–Crippen LogP) is 1.79. The maximum absolute atomic E-state index is 11.9. The second kappa shape index (κ2) is 8.26. The molecule has 2 fully saturated rings. The minimum Gasteiger partial charge on any atom is -0.354 e. The van der Waals surface area contributed by atoms with Crippen molar-refractivity contribution in [2.75, 3.05) is 13.4 Å². The summed E-state index contributed by atoms with van der Waals surface area (Å²) in [5.74, 6) is -0.165. The highest BCUT2D eigenvalue weighted by atomic mass is 32.2. The molecule has 1 aromatic carbocycles. The summed E-state index contributed by atoms with van der Waals surface area (Å²) >= 11 is 0. The van der Waals surface area contributed by atoms with Crippen molar-refractivity contribution in [1.29, 1.82) is 0 Å². The number of benzene rings is 1. The van der Waals surface area contributed by atoms with E-state index in [4.69, 9.17) is 13.7 Å². The maximum atomic E-state index is 11.9. The van der Waals surface area contributed by atoms with Gasteiger partial charge in [-0.15, -0.1) is 0 Å². The van der Waals surface area contributed by atoms with E-state index in [1.807, 2.05) is 18.2 Å². The van der Waals surface area contributed by atoms with Gasteiger partial charge in [0.1, 0.15) is 12.1 Å². The van der Waals surface area contributed by atoms with Crippen molar-refractivity contribution in [3.05, 3.63) is 35.9 Å². The fourth-order valence-corrected chi connectivity index (χ4v) is 4.98. The van der Waals surface area contributed by atoms with Crippen LogP contribution in [0.15, 0.2) is 30.3 Å². The SMILES string of the molecule is CO[C@@H]1O[C@@H]2CC[C@H](c3ccccc3)C[C@H]2[C@H](OS(C)(=O)=O)[C@@H]1NC(C)=O. The number of rotatable bonds is 5. The van der Waals surface area contributed by atoms with Gasteiger partial charge in [-0.2, -0.15) is 8.42 Å². The zero-order valence-electron chi connectivity index (χ0n) is 15.8. The van der Waals surface area contributed by atoms with Crippen LogP contribution in [0.5, 0.6) is 0 Å². The summed E-state index contributed by atoms with van der Waals surface area (Å²) < 4.78 is 40.8. The molecule has 7 nitrogen and oxygen atoms in total. The summed E-state index contributed by atoms with van der Waals surface area (Å²) in [4.78, 5) is 11.7. The quantitative estimate of drug-likeness (QED) is 0.762. The van der Waals surface area contributed by atoms with Gasteiger partial charge in [0.25, 0.3) is 10.1 Å². The second-order valence-electron chi connectivity index (χ2n) is 7.35. The Hall–Kier alpha value is -1.48. The van der Waals surface area contributed by atoms with Crippen LogP contribution in [-0.2, 0) is 28.6 Å². The molecule has 0 unspecified atom stereocenters. The molecule has 1 saturated carbocycles. The molecule has 0 radical (unpaired) electrons. The molecule has 0 spiro atoms. The lowest BCUT2D eigenvalue weighted by atomic mass is 9.71. The standard InChI is InChI=1S/C19H27NO6S/c1-12(21)20-17-18(26-27(3,22)23)15-11-14(13-7-5-4-6-8-13)9-10-16(15)25-19(17)24-2/h4-8,14-19H,9-11H2,1-3H3,(H,20,21)/t14-,15+,16+,17-,18-,19+/m0/s1. The summed E-state index contributed by atoms with van der Waals surface area (Å²) in [7, 11) is -2.24. The largest absolute Gasteiger partial charge is 0.354 e. The predicted molar refractivity (Wildman–Crippen MR) is 99.5 cm³/mol. The third kappa shape index (κ3) is 4.87. The Balaban J connectivity index is 1.90. The first-order valence-corrected chi connectivity index (χ1v) is 11.0. The summed E-state index contributed by atoms with van der Waals surface area (Å²) in [5.41, 5.74) is 1.22. The third-order valence-corrected chi connectivity index (χ3v) is 5.94. The van der Waals surface area contributed by atoms with Crippen LogP contribution in [0.25, 0.3) is 0 Å². The molecule has 27 heavy (non-hydrogen) atoms. The first kappa shape index (κ1) is 20.3. The number of carbonyl (C=O) groups is 1. The Morgan fingerprint density at radius 2 is 1.93 bits per heavy atom. The summed E-state index contributed by atoms with van der Waals surface area (Å²) in [6, 6.07) is 9.46. The van der Waals surface area contributed by atoms with E-state index in [-0.39, 0.29) is 17.9 Å². The average molecular weight is 397 g/mol. The number of methoxy groups -OCH3 is 1. The Bertz CT molecular complexity index is 753. The Labute approximate surface area is 160 Å². The molecule has 8 heteroatoms.